The monoisotopic (exact) mass is 337 g/mol. The summed E-state index contributed by atoms with van der Waals surface area (Å²) in [5.74, 6) is 0.850. The Bertz CT molecular complexity index is 732. The lowest BCUT2D eigenvalue weighted by atomic mass is 9.79. The van der Waals surface area contributed by atoms with Crippen LogP contribution in [-0.4, -0.2) is 29.8 Å². The second-order valence-corrected chi connectivity index (χ2v) is 7.89. The second-order valence-electron chi connectivity index (χ2n) is 7.89. The second kappa shape index (κ2) is 5.97. The predicted molar refractivity (Wildman–Crippen MR) is 98.9 cm³/mol. The van der Waals surface area contributed by atoms with Crippen LogP contribution in [0.2, 0.25) is 0 Å². The third kappa shape index (κ3) is 3.03. The summed E-state index contributed by atoms with van der Waals surface area (Å²) in [6, 6.07) is 8.38. The Morgan fingerprint density at radius 2 is 1.76 bits per heavy atom. The lowest BCUT2D eigenvalue weighted by Gasteiger charge is -2.32. The SMILES string of the molecule is CC1(C)OB(c2ccc(-c3c[n-]c([C@@H]4CCC[N-]4)n3)cc2)OC1(C)C. The molecule has 0 aliphatic carbocycles. The van der Waals surface area contributed by atoms with Gasteiger partial charge in [-0.2, -0.15) is 0 Å². The highest BCUT2D eigenvalue weighted by Crippen LogP contribution is 2.36. The zero-order chi connectivity index (χ0) is 17.7. The number of benzene rings is 1. The molecule has 2 aromatic rings. The first-order valence-corrected chi connectivity index (χ1v) is 8.98. The fourth-order valence-corrected chi connectivity index (χ4v) is 3.23. The summed E-state index contributed by atoms with van der Waals surface area (Å²) in [5, 5.41) is 4.55. The molecule has 0 bridgehead atoms. The molecule has 0 saturated carbocycles. The summed E-state index contributed by atoms with van der Waals surface area (Å²) >= 11 is 0. The van der Waals surface area contributed by atoms with Crippen LogP contribution < -0.4 is 10.4 Å². The lowest BCUT2D eigenvalue weighted by molar-refractivity contribution is 0.00578. The van der Waals surface area contributed by atoms with Crippen LogP contribution in [0.15, 0.2) is 30.5 Å². The normalized spacial score (nSPS) is 24.8. The number of hydrogen-bond donors (Lipinski definition) is 0. The lowest BCUT2D eigenvalue weighted by Crippen LogP contribution is -2.41. The maximum Gasteiger partial charge on any atom is 0.494 e. The van der Waals surface area contributed by atoms with E-state index in [1.54, 1.807) is 0 Å². The Kier molecular flexibility index (Phi) is 4.02. The minimum atomic E-state index is -0.336. The van der Waals surface area contributed by atoms with E-state index in [1.165, 1.54) is 0 Å². The molecule has 2 aliphatic heterocycles. The van der Waals surface area contributed by atoms with E-state index >= 15 is 0 Å². The van der Waals surface area contributed by atoms with Crippen LogP contribution in [0.1, 0.15) is 52.4 Å². The number of nitrogens with zero attached hydrogens (tertiary/aromatic N) is 3. The van der Waals surface area contributed by atoms with Gasteiger partial charge in [0, 0.05) is 0 Å². The van der Waals surface area contributed by atoms with Crippen molar-refractivity contribution in [1.82, 2.24) is 9.97 Å². The van der Waals surface area contributed by atoms with E-state index in [9.17, 15) is 0 Å². The van der Waals surface area contributed by atoms with Crippen LogP contribution in [0.5, 0.6) is 0 Å². The fourth-order valence-electron chi connectivity index (χ4n) is 3.23. The molecule has 0 amide bonds. The van der Waals surface area contributed by atoms with Gasteiger partial charge in [-0.3, -0.25) is 0 Å². The topological polar surface area (TPSA) is 59.6 Å². The maximum atomic E-state index is 6.10. The zero-order valence-corrected chi connectivity index (χ0v) is 15.3. The Hall–Kier alpha value is -1.63. The third-order valence-electron chi connectivity index (χ3n) is 5.57. The van der Waals surface area contributed by atoms with Gasteiger partial charge in [0.25, 0.3) is 0 Å². The fraction of sp³-hybridized carbons (Fsp3) is 0.526. The van der Waals surface area contributed by atoms with Crippen LogP contribution in [-0.2, 0) is 9.31 Å². The van der Waals surface area contributed by atoms with Crippen molar-refractivity contribution in [3.05, 3.63) is 41.6 Å². The van der Waals surface area contributed by atoms with Crippen LogP contribution in [0, 0.1) is 0 Å². The number of aromatic nitrogens is 2. The van der Waals surface area contributed by atoms with Gasteiger partial charge in [-0.25, -0.2) is 0 Å². The Morgan fingerprint density at radius 3 is 2.36 bits per heavy atom. The molecule has 0 unspecified atom stereocenters. The summed E-state index contributed by atoms with van der Waals surface area (Å²) in [7, 11) is -0.336. The van der Waals surface area contributed by atoms with E-state index in [0.717, 1.165) is 41.9 Å². The number of imidazole rings is 1. The van der Waals surface area contributed by atoms with Gasteiger partial charge in [0.2, 0.25) is 0 Å². The first kappa shape index (κ1) is 16.8. The van der Waals surface area contributed by atoms with Crippen molar-refractivity contribution in [3.63, 3.8) is 0 Å². The van der Waals surface area contributed by atoms with Gasteiger partial charge < -0.3 is 24.6 Å². The van der Waals surface area contributed by atoms with E-state index in [2.05, 4.69) is 55.1 Å². The number of hydrogen-bond acceptors (Lipinski definition) is 3. The van der Waals surface area contributed by atoms with Gasteiger partial charge >= 0.3 is 7.12 Å². The average molecular weight is 337 g/mol. The Morgan fingerprint density at radius 1 is 1.08 bits per heavy atom. The molecular weight excluding hydrogens is 313 g/mol. The van der Waals surface area contributed by atoms with E-state index < -0.39 is 0 Å². The molecule has 3 heterocycles. The Balaban J connectivity index is 1.51. The third-order valence-corrected chi connectivity index (χ3v) is 5.57. The minimum absolute atomic E-state index is 0.178. The van der Waals surface area contributed by atoms with Crippen LogP contribution >= 0.6 is 0 Å². The van der Waals surface area contributed by atoms with E-state index in [-0.39, 0.29) is 24.4 Å². The summed E-state index contributed by atoms with van der Waals surface area (Å²) in [4.78, 5) is 9.13. The molecule has 1 atom stereocenters. The van der Waals surface area contributed by atoms with Crippen molar-refractivity contribution >= 4 is 12.6 Å². The van der Waals surface area contributed by atoms with Gasteiger partial charge in [0.1, 0.15) is 0 Å². The molecule has 5 nitrogen and oxygen atoms in total. The Labute approximate surface area is 149 Å². The molecule has 4 rings (SSSR count). The molecular formula is C19H24BN3O2-2. The molecule has 2 fully saturated rings. The van der Waals surface area contributed by atoms with Crippen LogP contribution in [0.3, 0.4) is 0 Å². The minimum Gasteiger partial charge on any atom is -0.656 e. The van der Waals surface area contributed by atoms with Crippen LogP contribution in [0.4, 0.5) is 0 Å². The van der Waals surface area contributed by atoms with Gasteiger partial charge in [-0.05, 0) is 44.4 Å². The molecule has 132 valence electrons. The molecule has 0 spiro atoms. The van der Waals surface area contributed by atoms with Crippen molar-refractivity contribution in [2.45, 2.75) is 57.8 Å². The largest absolute Gasteiger partial charge is 0.656 e. The molecule has 0 radical (unpaired) electrons. The van der Waals surface area contributed by atoms with Gasteiger partial charge in [0.15, 0.2) is 0 Å². The first-order valence-electron chi connectivity index (χ1n) is 8.98. The predicted octanol–water partition coefficient (Wildman–Crippen LogP) is 3.21. The van der Waals surface area contributed by atoms with Crippen molar-refractivity contribution < 1.29 is 9.31 Å². The molecule has 2 aliphatic rings. The summed E-state index contributed by atoms with van der Waals surface area (Å²) in [6.45, 7) is 9.19. The van der Waals surface area contributed by atoms with Crippen molar-refractivity contribution in [2.75, 3.05) is 6.54 Å². The highest BCUT2D eigenvalue weighted by molar-refractivity contribution is 6.62. The molecule has 1 aromatic carbocycles. The number of rotatable bonds is 3. The molecule has 6 heteroatoms. The maximum absolute atomic E-state index is 6.10. The molecule has 25 heavy (non-hydrogen) atoms. The quantitative estimate of drug-likeness (QED) is 0.807. The van der Waals surface area contributed by atoms with Crippen molar-refractivity contribution in [1.29, 1.82) is 0 Å². The smallest absolute Gasteiger partial charge is 0.494 e. The standard InChI is InChI=1S/C19H24BN3O2/c1-18(2)19(3,4)25-20(24-18)14-9-7-13(8-10-14)16-12-22-17(23-16)15-6-5-11-21-15/h7-10,12,15H,5-6,11H2,1-4H3/q-2/t15-/m0/s1. The van der Waals surface area contributed by atoms with E-state index in [4.69, 9.17) is 9.31 Å². The van der Waals surface area contributed by atoms with Gasteiger partial charge in [0.05, 0.1) is 11.2 Å². The molecule has 2 saturated heterocycles. The highest BCUT2D eigenvalue weighted by atomic mass is 16.7. The first-order chi connectivity index (χ1) is 11.9. The van der Waals surface area contributed by atoms with Crippen LogP contribution in [0.25, 0.3) is 16.6 Å². The van der Waals surface area contributed by atoms with Gasteiger partial charge in [-0.15, -0.1) is 18.4 Å². The summed E-state index contributed by atoms with van der Waals surface area (Å²) < 4.78 is 12.2. The molecule has 0 N–H and O–H groups in total. The summed E-state index contributed by atoms with van der Waals surface area (Å²) in [5.41, 5.74) is 2.32. The van der Waals surface area contributed by atoms with Crippen molar-refractivity contribution in [3.8, 4) is 11.3 Å². The average Bonchev–Trinajstić information content (AvgIpc) is 3.28. The van der Waals surface area contributed by atoms with Gasteiger partial charge in [-0.1, -0.05) is 43.3 Å². The van der Waals surface area contributed by atoms with E-state index in [1.807, 2.05) is 18.3 Å². The highest BCUT2D eigenvalue weighted by Gasteiger charge is 2.51. The molecule has 1 aromatic heterocycles. The summed E-state index contributed by atoms with van der Waals surface area (Å²) in [6.07, 6.45) is 4.04. The zero-order valence-electron chi connectivity index (χ0n) is 15.3. The van der Waals surface area contributed by atoms with Crippen molar-refractivity contribution in [2.24, 2.45) is 0 Å². The van der Waals surface area contributed by atoms with E-state index in [0.29, 0.717) is 0 Å².